The number of hydrogen-bond donors (Lipinski definition) is 0. The predicted molar refractivity (Wildman–Crippen MR) is 246 cm³/mol. The van der Waals surface area contributed by atoms with Crippen LogP contribution in [-0.4, -0.2) is 0 Å². The summed E-state index contributed by atoms with van der Waals surface area (Å²) in [6.45, 7) is 4.78. The predicted octanol–water partition coefficient (Wildman–Crippen LogP) is 16.4. The largest absolute Gasteiger partial charge is 0.309 e. The Hall–Kier alpha value is -5.96. The van der Waals surface area contributed by atoms with Crippen molar-refractivity contribution in [2.75, 3.05) is 4.90 Å². The molecule has 9 aromatic rings. The fourth-order valence-electron chi connectivity index (χ4n) is 10.5. The number of benzene rings is 8. The van der Waals surface area contributed by atoms with Crippen LogP contribution in [0.1, 0.15) is 68.6 Å². The zero-order chi connectivity index (χ0) is 38.1. The molecule has 0 atom stereocenters. The highest BCUT2D eigenvalue weighted by molar-refractivity contribution is 7.26. The van der Waals surface area contributed by atoms with Gasteiger partial charge in [0.2, 0.25) is 0 Å². The van der Waals surface area contributed by atoms with E-state index in [1.165, 1.54) is 124 Å². The Bertz CT molecular complexity index is 2990. The molecule has 11 rings (SSSR count). The average molecular weight is 752 g/mol. The SMILES string of the molecule is CC1(C)c2ccccc2-c2cccc(-c3cccc(N(c4ccccc4-c4cccc5cccc(C6CCCCC6)c45)c4cccc5sc6ccccc6c45)c3)c21. The van der Waals surface area contributed by atoms with E-state index in [2.05, 4.69) is 189 Å². The maximum atomic E-state index is 2.56. The molecular formula is C55H45NS. The molecule has 57 heavy (non-hydrogen) atoms. The smallest absolute Gasteiger partial charge is 0.0555 e. The van der Waals surface area contributed by atoms with Crippen molar-refractivity contribution in [3.8, 4) is 33.4 Å². The summed E-state index contributed by atoms with van der Waals surface area (Å²) in [5.74, 6) is 0.595. The standard InChI is InChI=1S/C55H45NS/c1-55(2)47-30-9-6-23-42(47)45-29-15-27-41(54(45)55)38-21-12-22-39(35-38)56(49-32-16-34-51-53(49)46-25-8-11-33-50(46)57-51)48-31-10-7-24-43(48)44-28-14-20-37-19-13-26-40(52(37)44)36-17-4-3-5-18-36/h6-16,19-36H,3-5,17-18H2,1-2H3. The third kappa shape index (κ3) is 5.49. The molecule has 2 aliphatic carbocycles. The van der Waals surface area contributed by atoms with E-state index in [1.54, 1.807) is 0 Å². The van der Waals surface area contributed by atoms with Crippen LogP contribution in [0, 0.1) is 0 Å². The van der Waals surface area contributed by atoms with Crippen LogP contribution in [0.25, 0.3) is 64.3 Å². The highest BCUT2D eigenvalue weighted by Crippen LogP contribution is 2.53. The Kier molecular flexibility index (Phi) is 8.19. The van der Waals surface area contributed by atoms with Gasteiger partial charge in [0.25, 0.3) is 0 Å². The molecule has 0 bridgehead atoms. The van der Waals surface area contributed by atoms with E-state index in [0.29, 0.717) is 5.92 Å². The van der Waals surface area contributed by atoms with E-state index in [4.69, 9.17) is 0 Å². The van der Waals surface area contributed by atoms with Gasteiger partial charge in [0.1, 0.15) is 0 Å². The molecule has 1 aromatic heterocycles. The van der Waals surface area contributed by atoms with Gasteiger partial charge in [-0.3, -0.25) is 0 Å². The number of thiophene rings is 1. The van der Waals surface area contributed by atoms with Gasteiger partial charge in [-0.1, -0.05) is 167 Å². The minimum atomic E-state index is -0.115. The van der Waals surface area contributed by atoms with Crippen molar-refractivity contribution in [1.29, 1.82) is 0 Å². The molecule has 1 saturated carbocycles. The first-order valence-corrected chi connectivity index (χ1v) is 21.5. The molecule has 2 heteroatoms. The summed E-state index contributed by atoms with van der Waals surface area (Å²) in [6.07, 6.45) is 6.52. The zero-order valence-electron chi connectivity index (χ0n) is 32.6. The van der Waals surface area contributed by atoms with Gasteiger partial charge in [-0.25, -0.2) is 0 Å². The molecule has 0 radical (unpaired) electrons. The van der Waals surface area contributed by atoms with Crippen LogP contribution >= 0.6 is 11.3 Å². The molecule has 8 aromatic carbocycles. The van der Waals surface area contributed by atoms with Crippen molar-refractivity contribution in [3.63, 3.8) is 0 Å². The maximum Gasteiger partial charge on any atom is 0.0555 e. The lowest BCUT2D eigenvalue weighted by Gasteiger charge is -2.30. The van der Waals surface area contributed by atoms with Crippen molar-refractivity contribution < 1.29 is 0 Å². The van der Waals surface area contributed by atoms with Crippen LogP contribution in [0.3, 0.4) is 0 Å². The summed E-state index contributed by atoms with van der Waals surface area (Å²) in [7, 11) is 0. The minimum absolute atomic E-state index is 0.115. The minimum Gasteiger partial charge on any atom is -0.309 e. The van der Waals surface area contributed by atoms with Crippen molar-refractivity contribution in [1.82, 2.24) is 0 Å². The van der Waals surface area contributed by atoms with Gasteiger partial charge in [-0.05, 0) is 110 Å². The van der Waals surface area contributed by atoms with E-state index < -0.39 is 0 Å². The average Bonchev–Trinajstić information content (AvgIpc) is 3.76. The normalized spacial score (nSPS) is 14.9. The molecule has 1 fully saturated rings. The molecule has 0 N–H and O–H groups in total. The Balaban J connectivity index is 1.17. The number of fused-ring (bicyclic) bond motifs is 7. The summed E-state index contributed by atoms with van der Waals surface area (Å²) in [5, 5.41) is 5.34. The summed E-state index contributed by atoms with van der Waals surface area (Å²) in [5.41, 5.74) is 15.6. The lowest BCUT2D eigenvalue weighted by molar-refractivity contribution is 0.445. The molecule has 0 aliphatic heterocycles. The van der Waals surface area contributed by atoms with Gasteiger partial charge in [-0.2, -0.15) is 0 Å². The quantitative estimate of drug-likeness (QED) is 0.164. The van der Waals surface area contributed by atoms with Gasteiger partial charge < -0.3 is 4.90 Å². The van der Waals surface area contributed by atoms with Gasteiger partial charge in [0.05, 0.1) is 11.4 Å². The van der Waals surface area contributed by atoms with Gasteiger partial charge >= 0.3 is 0 Å². The van der Waals surface area contributed by atoms with Crippen LogP contribution in [-0.2, 0) is 5.41 Å². The highest BCUT2D eigenvalue weighted by atomic mass is 32.1. The summed E-state index contributed by atoms with van der Waals surface area (Å²) in [4.78, 5) is 2.56. The molecule has 0 unspecified atom stereocenters. The zero-order valence-corrected chi connectivity index (χ0v) is 33.5. The number of nitrogens with zero attached hydrogens (tertiary/aromatic N) is 1. The van der Waals surface area contributed by atoms with Crippen molar-refractivity contribution in [2.24, 2.45) is 0 Å². The fourth-order valence-corrected chi connectivity index (χ4v) is 11.6. The lowest BCUT2D eigenvalue weighted by atomic mass is 9.79. The summed E-state index contributed by atoms with van der Waals surface area (Å²) < 4.78 is 2.62. The molecule has 0 spiro atoms. The second-order valence-electron chi connectivity index (χ2n) is 16.6. The van der Waals surface area contributed by atoms with Crippen molar-refractivity contribution in [3.05, 3.63) is 187 Å². The van der Waals surface area contributed by atoms with Gasteiger partial charge in [0.15, 0.2) is 0 Å². The number of hydrogen-bond acceptors (Lipinski definition) is 2. The molecule has 276 valence electrons. The third-order valence-corrected chi connectivity index (χ3v) is 14.2. The number of anilines is 3. The first kappa shape index (κ1) is 34.3. The Morgan fingerprint density at radius 3 is 2.05 bits per heavy atom. The van der Waals surface area contributed by atoms with Gasteiger partial charge in [-0.15, -0.1) is 11.3 Å². The second kappa shape index (κ2) is 13.6. The summed E-state index contributed by atoms with van der Waals surface area (Å²) in [6, 6.07) is 64.1. The van der Waals surface area contributed by atoms with Crippen LogP contribution in [0.5, 0.6) is 0 Å². The third-order valence-electron chi connectivity index (χ3n) is 13.0. The second-order valence-corrected chi connectivity index (χ2v) is 17.7. The number of para-hydroxylation sites is 1. The van der Waals surface area contributed by atoms with Gasteiger partial charge in [0, 0.05) is 36.8 Å². The molecule has 1 heterocycles. The van der Waals surface area contributed by atoms with Crippen LogP contribution < -0.4 is 4.90 Å². The van der Waals surface area contributed by atoms with E-state index in [9.17, 15) is 0 Å². The maximum absolute atomic E-state index is 2.56. The first-order chi connectivity index (χ1) is 28.1. The van der Waals surface area contributed by atoms with Crippen LogP contribution in [0.2, 0.25) is 0 Å². The molecule has 1 nitrogen and oxygen atoms in total. The monoisotopic (exact) mass is 751 g/mol. The lowest BCUT2D eigenvalue weighted by Crippen LogP contribution is -2.16. The van der Waals surface area contributed by atoms with Crippen LogP contribution in [0.15, 0.2) is 170 Å². The molecule has 2 aliphatic rings. The summed E-state index contributed by atoms with van der Waals surface area (Å²) >= 11 is 1.88. The van der Waals surface area contributed by atoms with E-state index in [-0.39, 0.29) is 5.41 Å². The van der Waals surface area contributed by atoms with E-state index in [1.807, 2.05) is 11.3 Å². The van der Waals surface area contributed by atoms with Crippen molar-refractivity contribution >= 4 is 59.3 Å². The highest BCUT2D eigenvalue weighted by Gasteiger charge is 2.37. The van der Waals surface area contributed by atoms with Crippen LogP contribution in [0.4, 0.5) is 17.1 Å². The Labute approximate surface area is 339 Å². The Morgan fingerprint density at radius 2 is 1.16 bits per heavy atom. The fraction of sp³-hybridized carbons (Fsp3) is 0.164. The van der Waals surface area contributed by atoms with E-state index in [0.717, 1.165) is 5.69 Å². The number of rotatable bonds is 6. The van der Waals surface area contributed by atoms with E-state index >= 15 is 0 Å². The molecular weight excluding hydrogens is 707 g/mol. The Morgan fingerprint density at radius 1 is 0.509 bits per heavy atom. The van der Waals surface area contributed by atoms with Crippen molar-refractivity contribution in [2.45, 2.75) is 57.3 Å². The molecule has 0 saturated heterocycles. The topological polar surface area (TPSA) is 3.24 Å². The first-order valence-electron chi connectivity index (χ1n) is 20.7. The molecule has 0 amide bonds.